The van der Waals surface area contributed by atoms with Gasteiger partial charge in [-0.3, -0.25) is 0 Å². The van der Waals surface area contributed by atoms with Crippen molar-refractivity contribution in [1.82, 2.24) is 0 Å². The lowest BCUT2D eigenvalue weighted by molar-refractivity contribution is 0.144. The Labute approximate surface area is 114 Å². The molecule has 2 aliphatic rings. The number of rotatable bonds is 1. The summed E-state index contributed by atoms with van der Waals surface area (Å²) in [5, 5.41) is 0. The fraction of sp³-hybridized carbons (Fsp3) is 0.625. The average molecular weight is 262 g/mol. The summed E-state index contributed by atoms with van der Waals surface area (Å²) in [5.41, 5.74) is 7.63. The summed E-state index contributed by atoms with van der Waals surface area (Å²) in [6.07, 6.45) is 9.44. The van der Waals surface area contributed by atoms with E-state index in [1.54, 1.807) is 6.07 Å². The van der Waals surface area contributed by atoms with Gasteiger partial charge in [0.2, 0.25) is 0 Å². The van der Waals surface area contributed by atoms with Crippen LogP contribution in [0.3, 0.4) is 0 Å². The number of hydrogen-bond donors (Lipinski definition) is 1. The van der Waals surface area contributed by atoms with Gasteiger partial charge in [-0.15, -0.1) is 0 Å². The molecule has 1 aromatic carbocycles. The highest BCUT2D eigenvalue weighted by molar-refractivity contribution is 5.68. The monoisotopic (exact) mass is 262 g/mol. The molecule has 1 heterocycles. The molecule has 3 heteroatoms. The molecule has 0 atom stereocenters. The van der Waals surface area contributed by atoms with Gasteiger partial charge in [-0.2, -0.15) is 0 Å². The molecule has 1 aromatic rings. The molecule has 2 fully saturated rings. The molecule has 3 rings (SSSR count). The average Bonchev–Trinajstić information content (AvgIpc) is 2.44. The molecule has 1 aliphatic carbocycles. The highest BCUT2D eigenvalue weighted by Crippen LogP contribution is 2.45. The zero-order valence-corrected chi connectivity index (χ0v) is 11.5. The van der Waals surface area contributed by atoms with E-state index in [2.05, 4.69) is 4.90 Å². The molecule has 1 aliphatic heterocycles. The highest BCUT2D eigenvalue weighted by atomic mass is 19.1. The summed E-state index contributed by atoms with van der Waals surface area (Å²) in [7, 11) is 0. The molecule has 19 heavy (non-hydrogen) atoms. The first-order valence-electron chi connectivity index (χ1n) is 7.49. The van der Waals surface area contributed by atoms with E-state index < -0.39 is 0 Å². The Balaban J connectivity index is 1.71. The lowest BCUT2D eigenvalue weighted by Gasteiger charge is -2.45. The van der Waals surface area contributed by atoms with E-state index in [0.717, 1.165) is 18.8 Å². The zero-order chi connectivity index (χ0) is 13.3. The summed E-state index contributed by atoms with van der Waals surface area (Å²) in [6.45, 7) is 2.04. The van der Waals surface area contributed by atoms with Gasteiger partial charge in [0, 0.05) is 13.1 Å². The van der Waals surface area contributed by atoms with E-state index in [1.807, 2.05) is 6.07 Å². The summed E-state index contributed by atoms with van der Waals surface area (Å²) in [4.78, 5) is 2.26. The normalized spacial score (nSPS) is 22.7. The minimum atomic E-state index is -0.296. The van der Waals surface area contributed by atoms with Gasteiger partial charge in [0.25, 0.3) is 0 Å². The molecule has 104 valence electrons. The third-order valence-electron chi connectivity index (χ3n) is 5.11. The summed E-state index contributed by atoms with van der Waals surface area (Å²) >= 11 is 0. The maximum Gasteiger partial charge on any atom is 0.148 e. The van der Waals surface area contributed by atoms with Crippen LogP contribution in [0.15, 0.2) is 18.2 Å². The lowest BCUT2D eigenvalue weighted by Crippen LogP contribution is -2.41. The smallest absolute Gasteiger partial charge is 0.148 e. The molecule has 0 bridgehead atoms. The lowest BCUT2D eigenvalue weighted by atomic mass is 9.68. The second-order valence-electron chi connectivity index (χ2n) is 6.22. The molecule has 0 radical (unpaired) electrons. The number of halogens is 1. The van der Waals surface area contributed by atoms with Crippen LogP contribution in [-0.2, 0) is 0 Å². The van der Waals surface area contributed by atoms with E-state index in [0.29, 0.717) is 11.1 Å². The Bertz CT molecular complexity index is 442. The number of hydrogen-bond acceptors (Lipinski definition) is 2. The molecule has 0 unspecified atom stereocenters. The first kappa shape index (κ1) is 12.8. The van der Waals surface area contributed by atoms with Crippen molar-refractivity contribution in [3.8, 4) is 0 Å². The van der Waals surface area contributed by atoms with Crippen molar-refractivity contribution in [2.24, 2.45) is 5.41 Å². The first-order chi connectivity index (χ1) is 9.20. The van der Waals surface area contributed by atoms with Gasteiger partial charge >= 0.3 is 0 Å². The number of nitrogen functional groups attached to an aromatic ring is 1. The maximum atomic E-state index is 13.5. The molecule has 0 aromatic heterocycles. The maximum absolute atomic E-state index is 13.5. The van der Waals surface area contributed by atoms with E-state index in [4.69, 9.17) is 5.73 Å². The fourth-order valence-electron chi connectivity index (χ4n) is 3.83. The molecule has 0 amide bonds. The summed E-state index contributed by atoms with van der Waals surface area (Å²) in [6, 6.07) is 5.13. The van der Waals surface area contributed by atoms with Gasteiger partial charge in [-0.1, -0.05) is 25.3 Å². The van der Waals surface area contributed by atoms with Crippen molar-refractivity contribution < 1.29 is 4.39 Å². The van der Waals surface area contributed by atoms with Gasteiger partial charge in [0.1, 0.15) is 5.82 Å². The van der Waals surface area contributed by atoms with Crippen LogP contribution in [0.25, 0.3) is 0 Å². The van der Waals surface area contributed by atoms with Crippen LogP contribution in [0.2, 0.25) is 0 Å². The van der Waals surface area contributed by atoms with Gasteiger partial charge in [0.05, 0.1) is 11.4 Å². The number of nitrogens with zero attached hydrogens (tertiary/aromatic N) is 1. The standard InChI is InChI=1S/C16H23FN2/c17-13-5-4-6-14(15(13)18)19-11-9-16(10-12-19)7-2-1-3-8-16/h4-6H,1-3,7-12,18H2. The molecule has 1 saturated carbocycles. The van der Waals surface area contributed by atoms with Crippen molar-refractivity contribution >= 4 is 11.4 Å². The van der Waals surface area contributed by atoms with Crippen molar-refractivity contribution in [3.63, 3.8) is 0 Å². The molecular formula is C16H23FN2. The van der Waals surface area contributed by atoms with Crippen molar-refractivity contribution in [3.05, 3.63) is 24.0 Å². The Hall–Kier alpha value is -1.25. The Morgan fingerprint density at radius 3 is 2.37 bits per heavy atom. The van der Waals surface area contributed by atoms with Crippen LogP contribution in [0.5, 0.6) is 0 Å². The van der Waals surface area contributed by atoms with Crippen molar-refractivity contribution in [1.29, 1.82) is 0 Å². The highest BCUT2D eigenvalue weighted by Gasteiger charge is 2.35. The predicted octanol–water partition coefficient (Wildman–Crippen LogP) is 3.96. The molecule has 1 saturated heterocycles. The quantitative estimate of drug-likeness (QED) is 0.776. The Kier molecular flexibility index (Phi) is 3.38. The SMILES string of the molecule is Nc1c(F)cccc1N1CCC2(CCCCC2)CC1. The van der Waals surface area contributed by atoms with Crippen LogP contribution >= 0.6 is 0 Å². The molecular weight excluding hydrogens is 239 g/mol. The van der Waals surface area contributed by atoms with E-state index in [-0.39, 0.29) is 5.82 Å². The number of piperidine rings is 1. The van der Waals surface area contributed by atoms with Crippen LogP contribution < -0.4 is 10.6 Å². The topological polar surface area (TPSA) is 29.3 Å². The number of anilines is 2. The summed E-state index contributed by atoms with van der Waals surface area (Å²) in [5.74, 6) is -0.296. The predicted molar refractivity (Wildman–Crippen MR) is 77.8 cm³/mol. The van der Waals surface area contributed by atoms with Crippen LogP contribution in [0.4, 0.5) is 15.8 Å². The minimum Gasteiger partial charge on any atom is -0.395 e. The third kappa shape index (κ3) is 2.43. The van der Waals surface area contributed by atoms with E-state index in [1.165, 1.54) is 51.0 Å². The van der Waals surface area contributed by atoms with E-state index in [9.17, 15) is 4.39 Å². The number of benzene rings is 1. The Morgan fingerprint density at radius 1 is 1.00 bits per heavy atom. The minimum absolute atomic E-state index is 0.296. The molecule has 2 nitrogen and oxygen atoms in total. The van der Waals surface area contributed by atoms with Crippen molar-refractivity contribution in [2.45, 2.75) is 44.9 Å². The van der Waals surface area contributed by atoms with Crippen LogP contribution in [0.1, 0.15) is 44.9 Å². The largest absolute Gasteiger partial charge is 0.395 e. The molecule has 2 N–H and O–H groups in total. The number of para-hydroxylation sites is 1. The van der Waals surface area contributed by atoms with Gasteiger partial charge in [0.15, 0.2) is 0 Å². The Morgan fingerprint density at radius 2 is 1.68 bits per heavy atom. The molecule has 1 spiro atoms. The fourth-order valence-corrected chi connectivity index (χ4v) is 3.83. The van der Waals surface area contributed by atoms with E-state index >= 15 is 0 Å². The van der Waals surface area contributed by atoms with Gasteiger partial charge < -0.3 is 10.6 Å². The van der Waals surface area contributed by atoms with Gasteiger partial charge in [-0.25, -0.2) is 4.39 Å². The summed E-state index contributed by atoms with van der Waals surface area (Å²) < 4.78 is 13.5. The third-order valence-corrected chi connectivity index (χ3v) is 5.11. The van der Waals surface area contributed by atoms with Crippen LogP contribution in [0, 0.1) is 11.2 Å². The second-order valence-corrected chi connectivity index (χ2v) is 6.22. The second kappa shape index (κ2) is 5.03. The number of nitrogens with two attached hydrogens (primary N) is 1. The van der Waals surface area contributed by atoms with Gasteiger partial charge in [-0.05, 0) is 43.2 Å². The zero-order valence-electron chi connectivity index (χ0n) is 11.5. The van der Waals surface area contributed by atoms with Crippen molar-refractivity contribution in [2.75, 3.05) is 23.7 Å². The van der Waals surface area contributed by atoms with Crippen LogP contribution in [-0.4, -0.2) is 13.1 Å². The first-order valence-corrected chi connectivity index (χ1v) is 7.49.